The van der Waals surface area contributed by atoms with E-state index < -0.39 is 6.10 Å². The maximum absolute atomic E-state index is 12.8. The molecule has 0 aromatic carbocycles. The fourth-order valence-corrected chi connectivity index (χ4v) is 7.90. The van der Waals surface area contributed by atoms with Gasteiger partial charge in [-0.1, -0.05) is 223 Å². The third-order valence-electron chi connectivity index (χ3n) is 12.2. The lowest BCUT2D eigenvalue weighted by molar-refractivity contribution is -0.167. The molecule has 0 aliphatic heterocycles. The Bertz CT molecular complexity index is 1200. The van der Waals surface area contributed by atoms with Crippen LogP contribution in [0.4, 0.5) is 0 Å². The normalized spacial score (nSPS) is 12.5. The minimum absolute atomic E-state index is 0.0848. The number of hydrogen-bond acceptors (Lipinski definition) is 6. The van der Waals surface area contributed by atoms with Crippen molar-refractivity contribution in [2.24, 2.45) is 0 Å². The fraction of sp³-hybridized carbons (Fsp3) is 0.783. The van der Waals surface area contributed by atoms with E-state index >= 15 is 0 Å². The molecule has 1 atom stereocenters. The molecule has 1 unspecified atom stereocenters. The first kappa shape index (κ1) is 63.1. The molecule has 0 amide bonds. The number of carbonyl (C=O) groups excluding carboxylic acids is 3. The van der Waals surface area contributed by atoms with Gasteiger partial charge in [-0.05, 0) is 103 Å². The Kier molecular flexibility index (Phi) is 52.3. The molecule has 0 fully saturated rings. The first-order valence-electron chi connectivity index (χ1n) is 28.3. The highest BCUT2D eigenvalue weighted by Gasteiger charge is 2.19. The molecule has 0 aliphatic carbocycles. The Balaban J connectivity index is 4.38. The third kappa shape index (κ3) is 52.1. The lowest BCUT2D eigenvalue weighted by Crippen LogP contribution is -2.30. The first-order valence-corrected chi connectivity index (χ1v) is 28.3. The van der Waals surface area contributed by atoms with Crippen molar-refractivity contribution < 1.29 is 28.6 Å². The summed E-state index contributed by atoms with van der Waals surface area (Å²) < 4.78 is 16.8. The zero-order valence-electron chi connectivity index (χ0n) is 43.7. The minimum Gasteiger partial charge on any atom is -0.462 e. The average molecular weight is 924 g/mol. The zero-order chi connectivity index (χ0) is 47.9. The van der Waals surface area contributed by atoms with Crippen LogP contribution < -0.4 is 0 Å². The summed E-state index contributed by atoms with van der Waals surface area (Å²) in [4.78, 5) is 38.1. The number of esters is 3. The predicted molar refractivity (Wildman–Crippen MR) is 284 cm³/mol. The summed E-state index contributed by atoms with van der Waals surface area (Å²) in [6, 6.07) is 0. The number of unbranched alkanes of at least 4 members (excludes halogenated alkanes) is 30. The SMILES string of the molecule is CCCC/C=C\C/C=C\CCCCCCCC(=O)OCC(COC(=O)CCCCCCCCCCC/C=C\CCCCCCCC)OC(=O)CCCCCCC/C=C\C/C=C\CCCCC. The number of carbonyl (C=O) groups is 3. The number of rotatable bonds is 51. The van der Waals surface area contributed by atoms with E-state index in [1.807, 2.05) is 0 Å². The van der Waals surface area contributed by atoms with Crippen molar-refractivity contribution in [1.29, 1.82) is 0 Å². The molecular formula is C60H106O6. The number of hydrogen-bond donors (Lipinski definition) is 0. The highest BCUT2D eigenvalue weighted by Crippen LogP contribution is 2.15. The van der Waals surface area contributed by atoms with Gasteiger partial charge in [0.05, 0.1) is 0 Å². The van der Waals surface area contributed by atoms with Gasteiger partial charge in [0.25, 0.3) is 0 Å². The van der Waals surface area contributed by atoms with E-state index in [1.54, 1.807) is 0 Å². The van der Waals surface area contributed by atoms with E-state index in [9.17, 15) is 14.4 Å². The summed E-state index contributed by atoms with van der Waals surface area (Å²) in [5, 5.41) is 0. The van der Waals surface area contributed by atoms with Gasteiger partial charge >= 0.3 is 17.9 Å². The summed E-state index contributed by atoms with van der Waals surface area (Å²) in [7, 11) is 0. The third-order valence-corrected chi connectivity index (χ3v) is 12.2. The van der Waals surface area contributed by atoms with Crippen molar-refractivity contribution in [2.45, 2.75) is 290 Å². The van der Waals surface area contributed by atoms with Crippen molar-refractivity contribution in [3.8, 4) is 0 Å². The molecule has 382 valence electrons. The van der Waals surface area contributed by atoms with E-state index in [0.29, 0.717) is 19.3 Å². The van der Waals surface area contributed by atoms with Crippen molar-refractivity contribution >= 4 is 17.9 Å². The van der Waals surface area contributed by atoms with Gasteiger partial charge in [0.1, 0.15) is 13.2 Å². The highest BCUT2D eigenvalue weighted by atomic mass is 16.6. The second kappa shape index (κ2) is 54.7. The highest BCUT2D eigenvalue weighted by molar-refractivity contribution is 5.71. The van der Waals surface area contributed by atoms with Gasteiger partial charge in [-0.25, -0.2) is 0 Å². The standard InChI is InChI=1S/C60H106O6/c1-4-7-10-13-16-19-22-25-28-29-30-31-33-35-38-41-44-47-50-53-59(62)65-56-57(55-64-58(61)52-49-46-43-40-37-34-27-24-21-18-15-12-9-6-3)66-60(63)54-51-48-45-42-39-36-32-26-23-20-17-14-11-8-5-2/h15,17-18,20,24-28,32,57H,4-14,16,19,21-23,29-31,33-56H2,1-3H3/b18-15-,20-17-,27-24-,28-25-,32-26-. The van der Waals surface area contributed by atoms with E-state index in [0.717, 1.165) is 103 Å². The zero-order valence-corrected chi connectivity index (χ0v) is 43.7. The molecule has 0 saturated heterocycles. The summed E-state index contributed by atoms with van der Waals surface area (Å²) >= 11 is 0. The minimum atomic E-state index is -0.788. The molecule has 0 N–H and O–H groups in total. The van der Waals surface area contributed by atoms with E-state index in [1.165, 1.54) is 141 Å². The molecule has 0 saturated carbocycles. The van der Waals surface area contributed by atoms with E-state index in [4.69, 9.17) is 14.2 Å². The van der Waals surface area contributed by atoms with Gasteiger partial charge in [-0.3, -0.25) is 14.4 Å². The Labute approximate surface area is 409 Å². The van der Waals surface area contributed by atoms with Crippen molar-refractivity contribution in [3.05, 3.63) is 60.8 Å². The van der Waals surface area contributed by atoms with Crippen molar-refractivity contribution in [3.63, 3.8) is 0 Å². The summed E-state index contributed by atoms with van der Waals surface area (Å²) in [6.07, 6.45) is 67.7. The molecule has 0 radical (unpaired) electrons. The summed E-state index contributed by atoms with van der Waals surface area (Å²) in [6.45, 7) is 6.56. The Morgan fingerprint density at radius 2 is 0.561 bits per heavy atom. The smallest absolute Gasteiger partial charge is 0.306 e. The molecule has 66 heavy (non-hydrogen) atoms. The summed E-state index contributed by atoms with van der Waals surface area (Å²) in [5.74, 6) is -0.907. The molecule has 0 heterocycles. The van der Waals surface area contributed by atoms with Crippen LogP contribution in [0.5, 0.6) is 0 Å². The maximum Gasteiger partial charge on any atom is 0.306 e. The molecule has 0 aromatic heterocycles. The average Bonchev–Trinajstić information content (AvgIpc) is 3.31. The van der Waals surface area contributed by atoms with Crippen LogP contribution >= 0.6 is 0 Å². The molecule has 0 aliphatic rings. The monoisotopic (exact) mass is 923 g/mol. The number of allylic oxidation sites excluding steroid dienone is 10. The maximum atomic E-state index is 12.8. The Hall–Kier alpha value is -2.89. The van der Waals surface area contributed by atoms with Crippen LogP contribution in [0.25, 0.3) is 0 Å². The van der Waals surface area contributed by atoms with Crippen LogP contribution in [0.15, 0.2) is 60.8 Å². The van der Waals surface area contributed by atoms with Crippen LogP contribution in [0.2, 0.25) is 0 Å². The van der Waals surface area contributed by atoms with Gasteiger partial charge in [-0.15, -0.1) is 0 Å². The topological polar surface area (TPSA) is 78.9 Å². The second-order valence-electron chi connectivity index (χ2n) is 18.8. The van der Waals surface area contributed by atoms with E-state index in [2.05, 4.69) is 81.5 Å². The van der Waals surface area contributed by atoms with Crippen LogP contribution in [0.3, 0.4) is 0 Å². The first-order chi connectivity index (χ1) is 32.5. The molecule has 6 nitrogen and oxygen atoms in total. The summed E-state index contributed by atoms with van der Waals surface area (Å²) in [5.41, 5.74) is 0. The van der Waals surface area contributed by atoms with Gasteiger partial charge < -0.3 is 14.2 Å². The number of ether oxygens (including phenoxy) is 3. The van der Waals surface area contributed by atoms with Crippen LogP contribution in [-0.2, 0) is 28.6 Å². The van der Waals surface area contributed by atoms with Crippen LogP contribution in [-0.4, -0.2) is 37.2 Å². The quantitative estimate of drug-likeness (QED) is 0.0262. The van der Waals surface area contributed by atoms with Crippen molar-refractivity contribution in [2.75, 3.05) is 13.2 Å². The second-order valence-corrected chi connectivity index (χ2v) is 18.8. The van der Waals surface area contributed by atoms with Gasteiger partial charge in [0, 0.05) is 19.3 Å². The largest absolute Gasteiger partial charge is 0.462 e. The molecule has 6 heteroatoms. The molecular weight excluding hydrogens is 817 g/mol. The predicted octanol–water partition coefficient (Wildman–Crippen LogP) is 18.8. The Morgan fingerprint density at radius 3 is 0.924 bits per heavy atom. The van der Waals surface area contributed by atoms with Crippen LogP contribution in [0, 0.1) is 0 Å². The molecule has 0 rings (SSSR count). The molecule has 0 spiro atoms. The van der Waals surface area contributed by atoms with E-state index in [-0.39, 0.29) is 31.1 Å². The van der Waals surface area contributed by atoms with Crippen LogP contribution in [0.1, 0.15) is 284 Å². The molecule has 0 aromatic rings. The Morgan fingerprint density at radius 1 is 0.303 bits per heavy atom. The lowest BCUT2D eigenvalue weighted by Gasteiger charge is -2.18. The van der Waals surface area contributed by atoms with Gasteiger partial charge in [0.2, 0.25) is 0 Å². The fourth-order valence-electron chi connectivity index (χ4n) is 7.90. The lowest BCUT2D eigenvalue weighted by atomic mass is 10.1. The molecule has 0 bridgehead atoms. The van der Waals surface area contributed by atoms with Crippen molar-refractivity contribution in [1.82, 2.24) is 0 Å². The van der Waals surface area contributed by atoms with Gasteiger partial charge in [-0.2, -0.15) is 0 Å². The van der Waals surface area contributed by atoms with Gasteiger partial charge in [0.15, 0.2) is 6.10 Å².